The van der Waals surface area contributed by atoms with Gasteiger partial charge in [0.25, 0.3) is 5.91 Å². The smallest absolute Gasteiger partial charge is 0.251 e. The maximum atomic E-state index is 13.1. The van der Waals surface area contributed by atoms with Gasteiger partial charge in [0.15, 0.2) is 0 Å². The van der Waals surface area contributed by atoms with E-state index in [1.807, 2.05) is 12.1 Å². The summed E-state index contributed by atoms with van der Waals surface area (Å²) in [5, 5.41) is 6.19. The largest absolute Gasteiger partial charge is 0.352 e. The van der Waals surface area contributed by atoms with Gasteiger partial charge < -0.3 is 5.32 Å². The number of benzene rings is 2. The summed E-state index contributed by atoms with van der Waals surface area (Å²) < 4.78 is 14.3. The summed E-state index contributed by atoms with van der Waals surface area (Å²) in [4.78, 5) is 11.9. The van der Waals surface area contributed by atoms with Crippen LogP contribution in [-0.4, -0.2) is 12.5 Å². The molecule has 0 spiro atoms. The molecular formula is C17H14FNOS. The fourth-order valence-electron chi connectivity index (χ4n) is 2.27. The molecule has 0 fully saturated rings. The lowest BCUT2D eigenvalue weighted by atomic mass is 10.1. The highest BCUT2D eigenvalue weighted by Crippen LogP contribution is 2.25. The molecule has 2 aromatic carbocycles. The van der Waals surface area contributed by atoms with Crippen LogP contribution in [0.4, 0.5) is 4.39 Å². The van der Waals surface area contributed by atoms with Crippen molar-refractivity contribution in [3.05, 3.63) is 70.9 Å². The van der Waals surface area contributed by atoms with Crippen molar-refractivity contribution in [1.29, 1.82) is 0 Å². The topological polar surface area (TPSA) is 29.1 Å². The van der Waals surface area contributed by atoms with E-state index in [-0.39, 0.29) is 5.91 Å². The molecule has 2 nitrogen and oxygen atoms in total. The Labute approximate surface area is 126 Å². The van der Waals surface area contributed by atoms with Gasteiger partial charge in [-0.2, -0.15) is 0 Å². The number of rotatable bonds is 4. The first kappa shape index (κ1) is 13.8. The van der Waals surface area contributed by atoms with E-state index in [2.05, 4.69) is 22.8 Å². The molecular weight excluding hydrogens is 285 g/mol. The van der Waals surface area contributed by atoms with Crippen molar-refractivity contribution in [2.24, 2.45) is 0 Å². The van der Waals surface area contributed by atoms with E-state index in [9.17, 15) is 9.18 Å². The maximum Gasteiger partial charge on any atom is 0.251 e. The molecule has 0 saturated carbocycles. The van der Waals surface area contributed by atoms with Gasteiger partial charge in [-0.25, -0.2) is 4.39 Å². The number of halogens is 1. The zero-order valence-corrected chi connectivity index (χ0v) is 12.1. The first-order valence-corrected chi connectivity index (χ1v) is 7.61. The summed E-state index contributed by atoms with van der Waals surface area (Å²) >= 11 is 1.71. The van der Waals surface area contributed by atoms with Crippen LogP contribution < -0.4 is 5.32 Å². The number of nitrogens with one attached hydrogen (secondary N) is 1. The lowest BCUT2D eigenvalue weighted by Crippen LogP contribution is -2.25. The standard InChI is InChI=1S/C17H14FNOS/c18-14-5-3-4-12(10-14)17(20)19-9-8-13-11-21-16-7-2-1-6-15(13)16/h1-7,10-11H,8-9H2,(H,19,20). The minimum Gasteiger partial charge on any atom is -0.352 e. The molecule has 0 saturated heterocycles. The number of amides is 1. The molecule has 0 atom stereocenters. The third-order valence-corrected chi connectivity index (χ3v) is 4.34. The van der Waals surface area contributed by atoms with E-state index >= 15 is 0 Å². The number of carbonyl (C=O) groups excluding carboxylic acids is 1. The molecule has 0 radical (unpaired) electrons. The second-order valence-electron chi connectivity index (χ2n) is 4.77. The third-order valence-electron chi connectivity index (χ3n) is 3.33. The normalized spacial score (nSPS) is 10.7. The SMILES string of the molecule is O=C(NCCc1csc2ccccc12)c1cccc(F)c1. The van der Waals surface area contributed by atoms with Gasteiger partial charge in [0.05, 0.1) is 0 Å². The van der Waals surface area contributed by atoms with Crippen LogP contribution in [0.5, 0.6) is 0 Å². The summed E-state index contributed by atoms with van der Waals surface area (Å²) in [6.07, 6.45) is 0.769. The summed E-state index contributed by atoms with van der Waals surface area (Å²) in [5.41, 5.74) is 1.58. The fourth-order valence-corrected chi connectivity index (χ4v) is 3.27. The van der Waals surface area contributed by atoms with Crippen molar-refractivity contribution in [3.8, 4) is 0 Å². The predicted octanol–water partition coefficient (Wildman–Crippen LogP) is 4.01. The van der Waals surface area contributed by atoms with E-state index in [4.69, 9.17) is 0 Å². The Morgan fingerprint density at radius 2 is 2.00 bits per heavy atom. The van der Waals surface area contributed by atoms with Crippen LogP contribution in [0.3, 0.4) is 0 Å². The van der Waals surface area contributed by atoms with Crippen LogP contribution in [0.25, 0.3) is 10.1 Å². The Bertz CT molecular complexity index is 781. The second-order valence-corrected chi connectivity index (χ2v) is 5.68. The fraction of sp³-hybridized carbons (Fsp3) is 0.118. The molecule has 3 rings (SSSR count). The molecule has 3 aromatic rings. The minimum absolute atomic E-state index is 0.242. The highest BCUT2D eigenvalue weighted by Gasteiger charge is 2.07. The van der Waals surface area contributed by atoms with E-state index in [1.165, 1.54) is 33.8 Å². The van der Waals surface area contributed by atoms with Crippen molar-refractivity contribution in [2.75, 3.05) is 6.54 Å². The lowest BCUT2D eigenvalue weighted by molar-refractivity contribution is 0.0953. The summed E-state index contributed by atoms with van der Waals surface area (Å²) in [6, 6.07) is 13.9. The molecule has 106 valence electrons. The Hall–Kier alpha value is -2.20. The monoisotopic (exact) mass is 299 g/mol. The van der Waals surface area contributed by atoms with Gasteiger partial charge in [0, 0.05) is 16.8 Å². The lowest BCUT2D eigenvalue weighted by Gasteiger charge is -2.05. The number of hydrogen-bond acceptors (Lipinski definition) is 2. The molecule has 1 aromatic heterocycles. The molecule has 1 N–H and O–H groups in total. The first-order valence-electron chi connectivity index (χ1n) is 6.73. The molecule has 0 aliphatic heterocycles. The van der Waals surface area contributed by atoms with E-state index in [0.29, 0.717) is 12.1 Å². The van der Waals surface area contributed by atoms with Crippen LogP contribution >= 0.6 is 11.3 Å². The van der Waals surface area contributed by atoms with Crippen molar-refractivity contribution >= 4 is 27.3 Å². The van der Waals surface area contributed by atoms with Gasteiger partial charge in [0.1, 0.15) is 5.82 Å². The minimum atomic E-state index is -0.397. The Morgan fingerprint density at radius 1 is 1.14 bits per heavy atom. The molecule has 21 heavy (non-hydrogen) atoms. The van der Waals surface area contributed by atoms with Gasteiger partial charge in [-0.1, -0.05) is 24.3 Å². The van der Waals surface area contributed by atoms with Gasteiger partial charge in [-0.15, -0.1) is 11.3 Å². The molecule has 0 aliphatic rings. The van der Waals surface area contributed by atoms with Crippen LogP contribution in [-0.2, 0) is 6.42 Å². The van der Waals surface area contributed by atoms with Crippen LogP contribution in [0.2, 0.25) is 0 Å². The first-order chi connectivity index (χ1) is 10.2. The zero-order chi connectivity index (χ0) is 14.7. The number of carbonyl (C=O) groups is 1. The Balaban J connectivity index is 1.62. The summed E-state index contributed by atoms with van der Waals surface area (Å²) in [7, 11) is 0. The Morgan fingerprint density at radius 3 is 2.86 bits per heavy atom. The van der Waals surface area contributed by atoms with Gasteiger partial charge in [-0.05, 0) is 47.0 Å². The van der Waals surface area contributed by atoms with Gasteiger partial charge in [0.2, 0.25) is 0 Å². The van der Waals surface area contributed by atoms with Gasteiger partial charge in [-0.3, -0.25) is 4.79 Å². The van der Waals surface area contributed by atoms with Crippen LogP contribution in [0.15, 0.2) is 53.9 Å². The number of thiophene rings is 1. The Kier molecular flexibility index (Phi) is 3.97. The summed E-state index contributed by atoms with van der Waals surface area (Å²) in [5.74, 6) is -0.638. The molecule has 1 amide bonds. The molecule has 0 unspecified atom stereocenters. The average Bonchev–Trinajstić information content (AvgIpc) is 2.91. The quantitative estimate of drug-likeness (QED) is 0.775. The molecule has 0 bridgehead atoms. The average molecular weight is 299 g/mol. The highest BCUT2D eigenvalue weighted by molar-refractivity contribution is 7.17. The second kappa shape index (κ2) is 6.06. The van der Waals surface area contributed by atoms with Gasteiger partial charge >= 0.3 is 0 Å². The van der Waals surface area contributed by atoms with Crippen LogP contribution in [0, 0.1) is 5.82 Å². The molecule has 1 heterocycles. The summed E-state index contributed by atoms with van der Waals surface area (Å²) in [6.45, 7) is 0.538. The maximum absolute atomic E-state index is 13.1. The zero-order valence-electron chi connectivity index (χ0n) is 11.3. The van der Waals surface area contributed by atoms with E-state index in [0.717, 1.165) is 6.42 Å². The van der Waals surface area contributed by atoms with Crippen molar-refractivity contribution in [3.63, 3.8) is 0 Å². The highest BCUT2D eigenvalue weighted by atomic mass is 32.1. The van der Waals surface area contributed by atoms with Crippen molar-refractivity contribution < 1.29 is 9.18 Å². The number of hydrogen-bond donors (Lipinski definition) is 1. The van der Waals surface area contributed by atoms with Crippen molar-refractivity contribution in [1.82, 2.24) is 5.32 Å². The van der Waals surface area contributed by atoms with Crippen LogP contribution in [0.1, 0.15) is 15.9 Å². The van der Waals surface area contributed by atoms with Crippen molar-refractivity contribution in [2.45, 2.75) is 6.42 Å². The van der Waals surface area contributed by atoms with E-state index < -0.39 is 5.82 Å². The molecule has 4 heteroatoms. The predicted molar refractivity (Wildman–Crippen MR) is 84.3 cm³/mol. The third kappa shape index (κ3) is 3.11. The number of fused-ring (bicyclic) bond motifs is 1. The van der Waals surface area contributed by atoms with E-state index in [1.54, 1.807) is 17.4 Å². The molecule has 0 aliphatic carbocycles.